The van der Waals surface area contributed by atoms with Crippen molar-refractivity contribution in [2.24, 2.45) is 5.41 Å². The van der Waals surface area contributed by atoms with Crippen molar-refractivity contribution in [1.29, 1.82) is 0 Å². The summed E-state index contributed by atoms with van der Waals surface area (Å²) in [5, 5.41) is 0.424. The molecule has 2 aromatic carbocycles. The lowest BCUT2D eigenvalue weighted by molar-refractivity contribution is -0.145. The van der Waals surface area contributed by atoms with Gasteiger partial charge < -0.3 is 9.47 Å². The number of hydrogen-bond acceptors (Lipinski definition) is 5. The Morgan fingerprint density at radius 1 is 1.21 bits per heavy atom. The highest BCUT2D eigenvalue weighted by atomic mass is 35.5. The van der Waals surface area contributed by atoms with Crippen molar-refractivity contribution in [3.63, 3.8) is 0 Å². The normalized spacial score (nSPS) is 22.6. The number of benzene rings is 2. The minimum atomic E-state index is -1.55. The van der Waals surface area contributed by atoms with Crippen LogP contribution in [0.15, 0.2) is 60.2 Å². The zero-order valence-electron chi connectivity index (χ0n) is 15.1. The van der Waals surface area contributed by atoms with Crippen molar-refractivity contribution in [1.82, 2.24) is 0 Å². The number of rotatable bonds is 4. The SMILES string of the molecule is CCOC(=O)C1=CCC2(C(=O)c3ccccc3)C(=O)Oc3ccc(Cl)cc3C12. The van der Waals surface area contributed by atoms with Gasteiger partial charge in [-0.1, -0.05) is 48.0 Å². The maximum Gasteiger partial charge on any atom is 0.334 e. The molecule has 0 N–H and O–H groups in total. The second-order valence-corrected chi connectivity index (χ2v) is 7.19. The van der Waals surface area contributed by atoms with Gasteiger partial charge >= 0.3 is 11.9 Å². The van der Waals surface area contributed by atoms with Gasteiger partial charge in [0.1, 0.15) is 11.2 Å². The Labute approximate surface area is 166 Å². The number of halogens is 1. The summed E-state index contributed by atoms with van der Waals surface area (Å²) in [5.74, 6) is -2.11. The van der Waals surface area contributed by atoms with Crippen LogP contribution in [0.2, 0.25) is 5.02 Å². The maximum absolute atomic E-state index is 13.5. The van der Waals surface area contributed by atoms with Gasteiger partial charge in [-0.25, -0.2) is 4.79 Å². The van der Waals surface area contributed by atoms with Gasteiger partial charge in [0.05, 0.1) is 6.61 Å². The molecule has 0 fully saturated rings. The van der Waals surface area contributed by atoms with Crippen LogP contribution >= 0.6 is 11.6 Å². The highest BCUT2D eigenvalue weighted by Gasteiger charge is 2.61. The fourth-order valence-corrected chi connectivity index (χ4v) is 4.19. The Morgan fingerprint density at radius 2 is 1.96 bits per heavy atom. The van der Waals surface area contributed by atoms with Crippen molar-refractivity contribution in [3.8, 4) is 5.75 Å². The lowest BCUT2D eigenvalue weighted by Gasteiger charge is -2.38. The smallest absolute Gasteiger partial charge is 0.334 e. The first-order valence-electron chi connectivity index (χ1n) is 8.97. The molecule has 0 amide bonds. The monoisotopic (exact) mass is 396 g/mol. The fourth-order valence-electron chi connectivity index (χ4n) is 4.01. The Balaban J connectivity index is 1.91. The van der Waals surface area contributed by atoms with Crippen molar-refractivity contribution in [2.75, 3.05) is 6.61 Å². The summed E-state index contributed by atoms with van der Waals surface area (Å²) in [6, 6.07) is 13.4. The number of hydrogen-bond donors (Lipinski definition) is 0. The molecule has 0 bridgehead atoms. The van der Waals surface area contributed by atoms with Crippen molar-refractivity contribution in [2.45, 2.75) is 19.3 Å². The molecule has 6 heteroatoms. The number of allylic oxidation sites excluding steroid dienone is 1. The van der Waals surface area contributed by atoms with Crippen LogP contribution in [-0.2, 0) is 14.3 Å². The molecular formula is C22H17ClO5. The summed E-state index contributed by atoms with van der Waals surface area (Å²) < 4.78 is 10.7. The van der Waals surface area contributed by atoms with Crippen LogP contribution < -0.4 is 4.74 Å². The molecule has 4 rings (SSSR count). The number of fused-ring (bicyclic) bond motifs is 3. The molecule has 0 radical (unpaired) electrons. The topological polar surface area (TPSA) is 69.7 Å². The first-order chi connectivity index (χ1) is 13.5. The fraction of sp³-hybridized carbons (Fsp3) is 0.227. The average Bonchev–Trinajstić information content (AvgIpc) is 3.11. The van der Waals surface area contributed by atoms with Gasteiger partial charge in [0.25, 0.3) is 0 Å². The van der Waals surface area contributed by atoms with Crippen LogP contribution in [0.3, 0.4) is 0 Å². The molecule has 1 aliphatic carbocycles. The van der Waals surface area contributed by atoms with Gasteiger partial charge in [0.15, 0.2) is 5.78 Å². The molecule has 2 unspecified atom stereocenters. The van der Waals surface area contributed by atoms with Gasteiger partial charge in [-0.3, -0.25) is 9.59 Å². The molecule has 0 aromatic heterocycles. The second kappa shape index (κ2) is 6.91. The standard InChI is InChI=1S/C22H17ClO5/c1-2-27-20(25)15-10-11-22(19(24)13-6-4-3-5-7-13)18(15)16-12-14(23)8-9-17(16)28-21(22)26/h3-10,12,18H,2,11H2,1H3. The zero-order chi connectivity index (χ0) is 19.9. The predicted molar refractivity (Wildman–Crippen MR) is 102 cm³/mol. The largest absolute Gasteiger partial charge is 0.463 e. The molecule has 5 nitrogen and oxygen atoms in total. The summed E-state index contributed by atoms with van der Waals surface area (Å²) in [6.45, 7) is 1.89. The third-order valence-electron chi connectivity index (χ3n) is 5.25. The summed E-state index contributed by atoms with van der Waals surface area (Å²) in [5.41, 5.74) is -0.353. The van der Waals surface area contributed by atoms with Gasteiger partial charge in [0, 0.05) is 27.6 Å². The van der Waals surface area contributed by atoms with Crippen molar-refractivity contribution < 1.29 is 23.9 Å². The highest BCUT2D eigenvalue weighted by Crippen LogP contribution is 2.57. The Hall–Kier alpha value is -2.92. The van der Waals surface area contributed by atoms with Gasteiger partial charge in [-0.05, 0) is 31.5 Å². The number of carbonyl (C=O) groups excluding carboxylic acids is 3. The van der Waals surface area contributed by atoms with E-state index in [1.54, 1.807) is 61.5 Å². The van der Waals surface area contributed by atoms with Crippen molar-refractivity contribution in [3.05, 3.63) is 76.3 Å². The van der Waals surface area contributed by atoms with E-state index in [9.17, 15) is 14.4 Å². The Bertz CT molecular complexity index is 1010. The van der Waals surface area contributed by atoms with E-state index in [1.807, 2.05) is 0 Å². The summed E-state index contributed by atoms with van der Waals surface area (Å²) in [4.78, 5) is 39.3. The van der Waals surface area contributed by atoms with E-state index < -0.39 is 23.3 Å². The molecule has 1 aliphatic heterocycles. The van der Waals surface area contributed by atoms with Crippen molar-refractivity contribution >= 4 is 29.3 Å². The molecule has 0 saturated heterocycles. The molecule has 0 saturated carbocycles. The summed E-state index contributed by atoms with van der Waals surface area (Å²) in [7, 11) is 0. The van der Waals surface area contributed by atoms with E-state index in [0.29, 0.717) is 21.9 Å². The van der Waals surface area contributed by atoms with Crippen LogP contribution in [0.25, 0.3) is 0 Å². The van der Waals surface area contributed by atoms with E-state index in [2.05, 4.69) is 0 Å². The lowest BCUT2D eigenvalue weighted by Crippen LogP contribution is -2.48. The number of esters is 2. The van der Waals surface area contributed by atoms with E-state index in [-0.39, 0.29) is 24.4 Å². The first-order valence-corrected chi connectivity index (χ1v) is 9.35. The number of carbonyl (C=O) groups is 3. The van der Waals surface area contributed by atoms with E-state index in [4.69, 9.17) is 21.1 Å². The minimum absolute atomic E-state index is 0.0598. The highest BCUT2D eigenvalue weighted by molar-refractivity contribution is 6.30. The minimum Gasteiger partial charge on any atom is -0.463 e. The molecule has 2 aromatic rings. The Morgan fingerprint density at radius 3 is 2.68 bits per heavy atom. The number of ether oxygens (including phenoxy) is 2. The molecule has 1 heterocycles. The van der Waals surface area contributed by atoms with Crippen LogP contribution in [0.1, 0.15) is 35.2 Å². The zero-order valence-corrected chi connectivity index (χ0v) is 15.9. The molecule has 28 heavy (non-hydrogen) atoms. The van der Waals surface area contributed by atoms with Crippen LogP contribution in [0.4, 0.5) is 0 Å². The maximum atomic E-state index is 13.5. The summed E-state index contributed by atoms with van der Waals surface area (Å²) in [6.07, 6.45) is 1.67. The lowest BCUT2D eigenvalue weighted by atomic mass is 9.66. The van der Waals surface area contributed by atoms with Crippen LogP contribution in [0.5, 0.6) is 5.75 Å². The average molecular weight is 397 g/mol. The molecule has 2 atom stereocenters. The predicted octanol–water partition coefficient (Wildman–Crippen LogP) is 4.11. The van der Waals surface area contributed by atoms with Gasteiger partial charge in [-0.15, -0.1) is 0 Å². The van der Waals surface area contributed by atoms with E-state index in [1.165, 1.54) is 0 Å². The van der Waals surface area contributed by atoms with Crippen LogP contribution in [-0.4, -0.2) is 24.3 Å². The van der Waals surface area contributed by atoms with E-state index >= 15 is 0 Å². The quantitative estimate of drug-likeness (QED) is 0.337. The molecule has 142 valence electrons. The van der Waals surface area contributed by atoms with Gasteiger partial charge in [-0.2, -0.15) is 0 Å². The second-order valence-electron chi connectivity index (χ2n) is 6.76. The van der Waals surface area contributed by atoms with E-state index in [0.717, 1.165) is 0 Å². The van der Waals surface area contributed by atoms with Gasteiger partial charge in [0.2, 0.25) is 0 Å². The first kappa shape index (κ1) is 18.4. The van der Waals surface area contributed by atoms with Crippen LogP contribution in [0, 0.1) is 5.41 Å². The summed E-state index contributed by atoms with van der Waals surface area (Å²) >= 11 is 6.17. The Kier molecular flexibility index (Phi) is 4.55. The molecule has 2 aliphatic rings. The third-order valence-corrected chi connectivity index (χ3v) is 5.48. The number of Topliss-reactive ketones (excluding diaryl/α,β-unsaturated/α-hetero) is 1. The molecular weight excluding hydrogens is 380 g/mol. The third kappa shape index (κ3) is 2.66. The molecule has 0 spiro atoms. The number of ketones is 1.